The number of ether oxygens (including phenoxy) is 3. The predicted octanol–water partition coefficient (Wildman–Crippen LogP) is 0.268. The lowest BCUT2D eigenvalue weighted by molar-refractivity contribution is -0.384. The molecule has 32 heavy (non-hydrogen) atoms. The SMILES string of the molecule is CC1(C)O[C@@H]2[C@H](O1)[C@@H](COS(=O)(=O)c1ccc([N+](=O)[O-])cc1)O[C@H]2n1ccc(=O)[nH]c1=O. The number of rotatable bonds is 6. The molecule has 0 bridgehead atoms. The molecule has 2 aliphatic rings. The zero-order chi connectivity index (χ0) is 23.3. The fourth-order valence-corrected chi connectivity index (χ4v) is 4.52. The highest BCUT2D eigenvalue weighted by molar-refractivity contribution is 7.86. The second kappa shape index (κ2) is 7.90. The third kappa shape index (κ3) is 4.22. The molecular formula is C18H19N3O10S. The van der Waals surface area contributed by atoms with E-state index < -0.39 is 63.2 Å². The summed E-state index contributed by atoms with van der Waals surface area (Å²) in [7, 11) is -4.26. The first-order valence-corrected chi connectivity index (χ1v) is 10.8. The molecule has 2 fully saturated rings. The van der Waals surface area contributed by atoms with E-state index in [0.717, 1.165) is 34.9 Å². The van der Waals surface area contributed by atoms with Crippen LogP contribution in [0.15, 0.2) is 51.0 Å². The van der Waals surface area contributed by atoms with Gasteiger partial charge in [-0.2, -0.15) is 8.42 Å². The molecule has 0 aliphatic carbocycles. The summed E-state index contributed by atoms with van der Waals surface area (Å²) in [5.41, 5.74) is -1.58. The Kier molecular flexibility index (Phi) is 5.50. The summed E-state index contributed by atoms with van der Waals surface area (Å²) in [6.45, 7) is 2.85. The van der Waals surface area contributed by atoms with Crippen LogP contribution in [0.3, 0.4) is 0 Å². The number of aromatic amines is 1. The molecule has 13 nitrogen and oxygen atoms in total. The van der Waals surface area contributed by atoms with E-state index in [-0.39, 0.29) is 10.6 Å². The van der Waals surface area contributed by atoms with Gasteiger partial charge in [-0.15, -0.1) is 0 Å². The van der Waals surface area contributed by atoms with Crippen molar-refractivity contribution in [2.75, 3.05) is 6.61 Å². The maximum Gasteiger partial charge on any atom is 0.330 e. The largest absolute Gasteiger partial charge is 0.346 e. The molecule has 0 radical (unpaired) electrons. The number of hydrogen-bond acceptors (Lipinski definition) is 10. The average Bonchev–Trinajstić information content (AvgIpc) is 3.20. The molecule has 2 aromatic rings. The van der Waals surface area contributed by atoms with Crippen LogP contribution in [0.25, 0.3) is 0 Å². The molecule has 14 heteroatoms. The van der Waals surface area contributed by atoms with Gasteiger partial charge in [0, 0.05) is 24.4 Å². The second-order valence-electron chi connectivity index (χ2n) is 7.64. The van der Waals surface area contributed by atoms with Crippen molar-refractivity contribution in [3.63, 3.8) is 0 Å². The molecule has 172 valence electrons. The number of H-pyrrole nitrogens is 1. The van der Waals surface area contributed by atoms with E-state index in [1.807, 2.05) is 0 Å². The summed E-state index contributed by atoms with van der Waals surface area (Å²) in [6, 6.07) is 5.36. The number of nitro groups is 1. The molecule has 1 N–H and O–H groups in total. The summed E-state index contributed by atoms with van der Waals surface area (Å²) in [5, 5.41) is 10.7. The zero-order valence-corrected chi connectivity index (χ0v) is 17.7. The van der Waals surface area contributed by atoms with Crippen LogP contribution in [0.1, 0.15) is 20.1 Å². The minimum Gasteiger partial charge on any atom is -0.346 e. The fraction of sp³-hybridized carbons (Fsp3) is 0.444. The molecule has 0 unspecified atom stereocenters. The summed E-state index contributed by atoms with van der Waals surface area (Å²) in [6.07, 6.45) is -2.22. The molecule has 0 saturated carbocycles. The molecule has 4 atom stereocenters. The van der Waals surface area contributed by atoms with Crippen LogP contribution in [0, 0.1) is 10.1 Å². The summed E-state index contributed by atoms with van der Waals surface area (Å²) >= 11 is 0. The van der Waals surface area contributed by atoms with Gasteiger partial charge in [0.2, 0.25) is 0 Å². The molecule has 4 rings (SSSR count). The highest BCUT2D eigenvalue weighted by Crippen LogP contribution is 2.42. The smallest absolute Gasteiger partial charge is 0.330 e. The van der Waals surface area contributed by atoms with E-state index in [1.54, 1.807) is 13.8 Å². The highest BCUT2D eigenvalue weighted by atomic mass is 32.2. The maximum absolute atomic E-state index is 12.5. The van der Waals surface area contributed by atoms with Gasteiger partial charge in [-0.1, -0.05) is 0 Å². The van der Waals surface area contributed by atoms with Crippen LogP contribution in [0.4, 0.5) is 5.69 Å². The Morgan fingerprint density at radius 3 is 2.44 bits per heavy atom. The first-order valence-electron chi connectivity index (χ1n) is 9.43. The van der Waals surface area contributed by atoms with Gasteiger partial charge in [-0.25, -0.2) is 4.79 Å². The number of benzene rings is 1. The highest BCUT2D eigenvalue weighted by Gasteiger charge is 2.56. The van der Waals surface area contributed by atoms with Crippen molar-refractivity contribution in [2.24, 2.45) is 0 Å². The number of nitrogens with zero attached hydrogens (tertiary/aromatic N) is 2. The van der Waals surface area contributed by atoms with Gasteiger partial charge >= 0.3 is 5.69 Å². The third-order valence-electron chi connectivity index (χ3n) is 4.97. The Labute approximate surface area is 180 Å². The molecule has 0 amide bonds. The predicted molar refractivity (Wildman–Crippen MR) is 105 cm³/mol. The number of nitro benzene ring substituents is 1. The van der Waals surface area contributed by atoms with Crippen molar-refractivity contribution >= 4 is 15.8 Å². The Bertz CT molecular complexity index is 1250. The minimum absolute atomic E-state index is 0.265. The molecule has 0 spiro atoms. The van der Waals surface area contributed by atoms with Crippen molar-refractivity contribution in [3.05, 3.63) is 67.5 Å². The zero-order valence-electron chi connectivity index (χ0n) is 16.9. The normalized spacial score (nSPS) is 26.7. The molecule has 3 heterocycles. The summed E-state index contributed by atoms with van der Waals surface area (Å²) < 4.78 is 48.8. The number of aromatic nitrogens is 2. The number of hydrogen-bond donors (Lipinski definition) is 1. The van der Waals surface area contributed by atoms with Crippen molar-refractivity contribution in [1.82, 2.24) is 9.55 Å². The lowest BCUT2D eigenvalue weighted by Crippen LogP contribution is -2.37. The molecule has 2 aliphatic heterocycles. The van der Waals surface area contributed by atoms with Crippen molar-refractivity contribution in [3.8, 4) is 0 Å². The van der Waals surface area contributed by atoms with Crippen LogP contribution in [-0.2, 0) is 28.5 Å². The number of non-ortho nitro benzene ring substituents is 1. The van der Waals surface area contributed by atoms with Gasteiger partial charge in [0.05, 0.1) is 16.4 Å². The van der Waals surface area contributed by atoms with Gasteiger partial charge in [-0.3, -0.25) is 28.6 Å². The van der Waals surface area contributed by atoms with Gasteiger partial charge in [0.1, 0.15) is 18.3 Å². The van der Waals surface area contributed by atoms with Gasteiger partial charge in [0.25, 0.3) is 21.4 Å². The molecular weight excluding hydrogens is 450 g/mol. The van der Waals surface area contributed by atoms with E-state index in [2.05, 4.69) is 4.98 Å². The number of nitrogens with one attached hydrogen (secondary N) is 1. The van der Waals surface area contributed by atoms with Crippen molar-refractivity contribution < 1.29 is 31.7 Å². The average molecular weight is 469 g/mol. The number of fused-ring (bicyclic) bond motifs is 1. The Balaban J connectivity index is 1.55. The van der Waals surface area contributed by atoms with E-state index in [9.17, 15) is 28.1 Å². The lowest BCUT2D eigenvalue weighted by Gasteiger charge is -2.24. The Morgan fingerprint density at radius 1 is 1.16 bits per heavy atom. The van der Waals surface area contributed by atoms with Crippen LogP contribution in [-0.4, -0.2) is 53.6 Å². The van der Waals surface area contributed by atoms with Gasteiger partial charge in [-0.05, 0) is 26.0 Å². The first-order chi connectivity index (χ1) is 15.0. The van der Waals surface area contributed by atoms with E-state index in [0.29, 0.717) is 0 Å². The second-order valence-corrected chi connectivity index (χ2v) is 9.25. The summed E-state index contributed by atoms with van der Waals surface area (Å²) in [4.78, 5) is 35.5. The topological polar surface area (TPSA) is 169 Å². The van der Waals surface area contributed by atoms with Crippen LogP contribution in [0.2, 0.25) is 0 Å². The fourth-order valence-electron chi connectivity index (χ4n) is 3.60. The van der Waals surface area contributed by atoms with Crippen molar-refractivity contribution in [1.29, 1.82) is 0 Å². The molecule has 2 saturated heterocycles. The molecule has 1 aromatic heterocycles. The quantitative estimate of drug-likeness (QED) is 0.352. The van der Waals surface area contributed by atoms with E-state index in [4.69, 9.17) is 18.4 Å². The lowest BCUT2D eigenvalue weighted by atomic mass is 10.1. The Morgan fingerprint density at radius 2 is 1.81 bits per heavy atom. The van der Waals surface area contributed by atoms with Crippen molar-refractivity contribution in [2.45, 2.75) is 49.1 Å². The van der Waals surface area contributed by atoms with Crippen LogP contribution < -0.4 is 11.2 Å². The van der Waals surface area contributed by atoms with E-state index in [1.165, 1.54) is 6.20 Å². The van der Waals surface area contributed by atoms with Gasteiger partial charge in [0.15, 0.2) is 12.0 Å². The van der Waals surface area contributed by atoms with E-state index >= 15 is 0 Å². The first kappa shape index (κ1) is 22.3. The molecule has 1 aromatic carbocycles. The van der Waals surface area contributed by atoms with Gasteiger partial charge < -0.3 is 14.2 Å². The Hall–Kier alpha value is -2.91. The summed E-state index contributed by atoms with van der Waals surface area (Å²) in [5.74, 6) is -1.03. The standard InChI is InChI=1S/C18H19N3O10S/c1-18(2)30-14-12(9-28-32(26,27)11-5-3-10(4-6-11)21(24)25)29-16(15(14)31-18)20-8-7-13(22)19-17(20)23/h3-8,12,14-16H,9H2,1-2H3,(H,19,22,23)/t12-,14-,15-,16-/m1/s1. The third-order valence-corrected chi connectivity index (χ3v) is 6.27. The monoisotopic (exact) mass is 469 g/mol. The maximum atomic E-state index is 12.5. The minimum atomic E-state index is -4.26. The van der Waals surface area contributed by atoms with Crippen LogP contribution >= 0.6 is 0 Å². The van der Waals surface area contributed by atoms with Crippen LogP contribution in [0.5, 0.6) is 0 Å².